The average molecular weight is 256 g/mol. The average Bonchev–Trinajstić information content (AvgIpc) is 2.38. The third kappa shape index (κ3) is 5.97. The predicted molar refractivity (Wildman–Crippen MR) is 67.7 cm³/mol. The fourth-order valence-corrected chi connectivity index (χ4v) is 1.75. The van der Waals surface area contributed by atoms with Crippen LogP contribution in [0.5, 0.6) is 5.75 Å². The summed E-state index contributed by atoms with van der Waals surface area (Å²) >= 11 is 0. The molecule has 5 heteroatoms. The van der Waals surface area contributed by atoms with Gasteiger partial charge in [-0.25, -0.2) is 0 Å². The van der Waals surface area contributed by atoms with Gasteiger partial charge in [0.2, 0.25) is 0 Å². The van der Waals surface area contributed by atoms with Crippen LogP contribution in [-0.2, 0) is 0 Å². The van der Waals surface area contributed by atoms with Gasteiger partial charge in [-0.1, -0.05) is 18.2 Å². The molecule has 1 aromatic rings. The zero-order valence-electron chi connectivity index (χ0n) is 10.5. The molecule has 0 heterocycles. The first-order chi connectivity index (χ1) is 8.76. The van der Waals surface area contributed by atoms with Gasteiger partial charge in [0, 0.05) is 0 Å². The second-order valence-electron chi connectivity index (χ2n) is 4.18. The molecule has 18 heavy (non-hydrogen) atoms. The van der Waals surface area contributed by atoms with Crippen molar-refractivity contribution in [2.24, 2.45) is 0 Å². The molecule has 0 fully saturated rings. The lowest BCUT2D eigenvalue weighted by molar-refractivity contribution is -0.903. The Balaban J connectivity index is 2.29. The van der Waals surface area contributed by atoms with Crippen LogP contribution in [0.15, 0.2) is 30.3 Å². The molecule has 0 amide bonds. The van der Waals surface area contributed by atoms with Crippen molar-refractivity contribution in [1.29, 1.82) is 0 Å². The van der Waals surface area contributed by atoms with Crippen LogP contribution in [0, 0.1) is 0 Å². The van der Waals surface area contributed by atoms with E-state index in [9.17, 15) is 5.11 Å². The first-order valence-electron chi connectivity index (χ1n) is 6.17. The molecular weight excluding hydrogens is 234 g/mol. The summed E-state index contributed by atoms with van der Waals surface area (Å²) in [5.41, 5.74) is 0. The van der Waals surface area contributed by atoms with Gasteiger partial charge in [0.05, 0.1) is 13.2 Å². The fraction of sp³-hybridized carbons (Fsp3) is 0.538. The highest BCUT2D eigenvalue weighted by Gasteiger charge is 2.14. The third-order valence-corrected chi connectivity index (χ3v) is 2.64. The van der Waals surface area contributed by atoms with E-state index >= 15 is 0 Å². The number of para-hydroxylation sites is 1. The lowest BCUT2D eigenvalue weighted by Crippen LogP contribution is -3.14. The molecule has 5 nitrogen and oxygen atoms in total. The molecule has 1 rings (SSSR count). The Hall–Kier alpha value is -1.14. The number of aliphatic hydroxyl groups is 3. The molecule has 0 aromatic heterocycles. The van der Waals surface area contributed by atoms with E-state index in [1.807, 2.05) is 30.3 Å². The Bertz CT molecular complexity index is 301. The molecule has 0 spiro atoms. The van der Waals surface area contributed by atoms with Crippen LogP contribution >= 0.6 is 0 Å². The van der Waals surface area contributed by atoms with Crippen molar-refractivity contribution in [3.63, 3.8) is 0 Å². The molecule has 4 N–H and O–H groups in total. The predicted octanol–water partition coefficient (Wildman–Crippen LogP) is -1.70. The van der Waals surface area contributed by atoms with Crippen molar-refractivity contribution in [3.8, 4) is 5.75 Å². The molecule has 1 aromatic carbocycles. The third-order valence-electron chi connectivity index (χ3n) is 2.64. The molecule has 1 atom stereocenters. The number of aliphatic hydroxyl groups excluding tert-OH is 3. The summed E-state index contributed by atoms with van der Waals surface area (Å²) in [7, 11) is 0. The highest BCUT2D eigenvalue weighted by molar-refractivity contribution is 5.20. The molecule has 0 radical (unpaired) electrons. The van der Waals surface area contributed by atoms with E-state index in [0.29, 0.717) is 19.6 Å². The SMILES string of the molecule is OCC[NH+](CCO)CC(O)COc1ccccc1. The highest BCUT2D eigenvalue weighted by atomic mass is 16.5. The minimum atomic E-state index is -0.613. The van der Waals surface area contributed by atoms with E-state index in [-0.39, 0.29) is 19.8 Å². The fourth-order valence-electron chi connectivity index (χ4n) is 1.75. The van der Waals surface area contributed by atoms with Crippen LogP contribution in [0.4, 0.5) is 0 Å². The molecule has 1 unspecified atom stereocenters. The van der Waals surface area contributed by atoms with E-state index in [1.54, 1.807) is 0 Å². The number of ether oxygens (including phenoxy) is 1. The van der Waals surface area contributed by atoms with E-state index in [4.69, 9.17) is 14.9 Å². The van der Waals surface area contributed by atoms with E-state index < -0.39 is 6.10 Å². The summed E-state index contributed by atoms with van der Waals surface area (Å²) < 4.78 is 5.44. The smallest absolute Gasteiger partial charge is 0.137 e. The van der Waals surface area contributed by atoms with Gasteiger partial charge < -0.3 is 25.0 Å². The zero-order valence-corrected chi connectivity index (χ0v) is 10.5. The summed E-state index contributed by atoms with van der Waals surface area (Å²) in [4.78, 5) is 0.962. The van der Waals surface area contributed by atoms with Gasteiger partial charge >= 0.3 is 0 Å². The molecule has 0 aliphatic carbocycles. The van der Waals surface area contributed by atoms with E-state index in [2.05, 4.69) is 0 Å². The topological polar surface area (TPSA) is 74.4 Å². The number of benzene rings is 1. The standard InChI is InChI=1S/C13H21NO4/c15-8-6-14(7-9-16)10-12(17)11-18-13-4-2-1-3-5-13/h1-5,12,15-17H,6-11H2/p+1. The van der Waals surface area contributed by atoms with Gasteiger partial charge in [0.1, 0.15) is 38.1 Å². The number of nitrogens with one attached hydrogen (secondary N) is 1. The minimum absolute atomic E-state index is 0.0432. The van der Waals surface area contributed by atoms with Crippen molar-refractivity contribution in [1.82, 2.24) is 0 Å². The number of quaternary nitrogens is 1. The monoisotopic (exact) mass is 256 g/mol. The first kappa shape index (κ1) is 14.9. The normalized spacial score (nSPS) is 12.7. The Kier molecular flexibility index (Phi) is 7.36. The van der Waals surface area contributed by atoms with Crippen LogP contribution in [0.3, 0.4) is 0 Å². The molecule has 0 aliphatic rings. The maximum atomic E-state index is 9.83. The number of rotatable bonds is 9. The highest BCUT2D eigenvalue weighted by Crippen LogP contribution is 2.08. The lowest BCUT2D eigenvalue weighted by atomic mass is 10.3. The van der Waals surface area contributed by atoms with Gasteiger partial charge in [-0.3, -0.25) is 0 Å². The van der Waals surface area contributed by atoms with Gasteiger partial charge in [-0.15, -0.1) is 0 Å². The van der Waals surface area contributed by atoms with Gasteiger partial charge in [-0.2, -0.15) is 0 Å². The van der Waals surface area contributed by atoms with Crippen LogP contribution < -0.4 is 9.64 Å². The molecule has 0 saturated carbocycles. The first-order valence-corrected chi connectivity index (χ1v) is 6.17. The van der Waals surface area contributed by atoms with E-state index in [1.165, 1.54) is 0 Å². The number of hydrogen-bond acceptors (Lipinski definition) is 4. The van der Waals surface area contributed by atoms with Gasteiger partial charge in [-0.05, 0) is 12.1 Å². The maximum Gasteiger partial charge on any atom is 0.137 e. The van der Waals surface area contributed by atoms with Crippen molar-refractivity contribution >= 4 is 0 Å². The summed E-state index contributed by atoms with van der Waals surface area (Å²) in [5.74, 6) is 0.724. The Morgan fingerprint density at radius 2 is 1.67 bits per heavy atom. The van der Waals surface area contributed by atoms with E-state index in [0.717, 1.165) is 10.6 Å². The van der Waals surface area contributed by atoms with Gasteiger partial charge in [0.25, 0.3) is 0 Å². The Morgan fingerprint density at radius 1 is 1.06 bits per heavy atom. The Labute approximate surface area is 107 Å². The summed E-state index contributed by atoms with van der Waals surface area (Å²) in [6.07, 6.45) is -0.613. The van der Waals surface area contributed by atoms with Crippen molar-refractivity contribution in [3.05, 3.63) is 30.3 Å². The van der Waals surface area contributed by atoms with Crippen LogP contribution in [0.1, 0.15) is 0 Å². The van der Waals surface area contributed by atoms with Crippen LogP contribution in [0.25, 0.3) is 0 Å². The summed E-state index contributed by atoms with van der Waals surface area (Å²) in [6, 6.07) is 9.31. The van der Waals surface area contributed by atoms with Crippen molar-refractivity contribution in [2.75, 3.05) is 39.5 Å². The molecular formula is C13H22NO4+. The quantitative estimate of drug-likeness (QED) is 0.425. The largest absolute Gasteiger partial charge is 0.491 e. The second kappa shape index (κ2) is 8.88. The Morgan fingerprint density at radius 3 is 2.22 bits per heavy atom. The molecule has 0 aliphatic heterocycles. The molecule has 0 saturated heterocycles. The zero-order chi connectivity index (χ0) is 13.2. The van der Waals surface area contributed by atoms with Crippen LogP contribution in [0.2, 0.25) is 0 Å². The molecule has 102 valence electrons. The van der Waals surface area contributed by atoms with Crippen molar-refractivity contribution in [2.45, 2.75) is 6.10 Å². The summed E-state index contributed by atoms with van der Waals surface area (Å²) in [5, 5.41) is 27.6. The van der Waals surface area contributed by atoms with Gasteiger partial charge in [0.15, 0.2) is 0 Å². The van der Waals surface area contributed by atoms with Crippen molar-refractivity contribution < 1.29 is 25.0 Å². The maximum absolute atomic E-state index is 9.83. The number of hydrogen-bond donors (Lipinski definition) is 4. The minimum Gasteiger partial charge on any atom is -0.491 e. The second-order valence-corrected chi connectivity index (χ2v) is 4.18. The lowest BCUT2D eigenvalue weighted by Gasteiger charge is -2.20. The summed E-state index contributed by atoms with van der Waals surface area (Å²) in [6.45, 7) is 1.79. The van der Waals surface area contributed by atoms with Crippen LogP contribution in [-0.4, -0.2) is 60.9 Å². The molecule has 0 bridgehead atoms.